The van der Waals surface area contributed by atoms with E-state index in [0.29, 0.717) is 17.1 Å². The Morgan fingerprint density at radius 3 is 2.33 bits per heavy atom. The quantitative estimate of drug-likeness (QED) is 0.609. The summed E-state index contributed by atoms with van der Waals surface area (Å²) in [7, 11) is 3.12. The third kappa shape index (κ3) is 2.61. The Balaban J connectivity index is 3.47. The molecule has 0 aliphatic rings. The molecule has 98 valence electrons. The molecule has 0 aliphatic carbocycles. The molecule has 0 aliphatic heterocycles. The fourth-order valence-electron chi connectivity index (χ4n) is 1.75. The van der Waals surface area contributed by atoms with Crippen LogP contribution in [-0.4, -0.2) is 19.1 Å². The van der Waals surface area contributed by atoms with Gasteiger partial charge in [-0.3, -0.25) is 10.1 Å². The molecule has 0 heterocycles. The average Bonchev–Trinajstić information content (AvgIpc) is 2.33. The third-order valence-corrected chi connectivity index (χ3v) is 2.90. The third-order valence-electron chi connectivity index (χ3n) is 2.90. The zero-order chi connectivity index (χ0) is 13.9. The Morgan fingerprint density at radius 1 is 1.28 bits per heavy atom. The maximum atomic E-state index is 10.7. The van der Waals surface area contributed by atoms with Crippen LogP contribution in [0.4, 0.5) is 0 Å². The van der Waals surface area contributed by atoms with Crippen LogP contribution in [0.1, 0.15) is 23.6 Å². The number of nitro groups is 1. The molecule has 0 amide bonds. The first kappa shape index (κ1) is 14.0. The predicted molar refractivity (Wildman–Crippen MR) is 69.7 cm³/mol. The Morgan fingerprint density at radius 2 is 1.89 bits per heavy atom. The van der Waals surface area contributed by atoms with Crippen molar-refractivity contribution >= 4 is 6.08 Å². The molecule has 1 aromatic carbocycles. The van der Waals surface area contributed by atoms with Crippen molar-refractivity contribution in [2.45, 2.75) is 20.8 Å². The van der Waals surface area contributed by atoms with Crippen LogP contribution in [0.3, 0.4) is 0 Å². The van der Waals surface area contributed by atoms with Crippen LogP contribution in [0.15, 0.2) is 11.8 Å². The molecule has 0 saturated heterocycles. The normalized spacial score (nSPS) is 11.3. The van der Waals surface area contributed by atoms with E-state index < -0.39 is 4.92 Å². The summed E-state index contributed by atoms with van der Waals surface area (Å²) < 4.78 is 10.6. The summed E-state index contributed by atoms with van der Waals surface area (Å²) >= 11 is 0. The molecule has 0 spiro atoms. The van der Waals surface area contributed by atoms with Gasteiger partial charge in [-0.25, -0.2) is 0 Å². The fraction of sp³-hybridized carbons (Fsp3) is 0.385. The standard InChI is InChI=1S/C13H17NO4/c1-8(14(15)16)6-11-7-12(17-4)9(2)10(3)13(11)18-5/h6-7H,1-5H3/b8-6+. The molecule has 0 bridgehead atoms. The molecule has 5 heteroatoms. The number of allylic oxidation sites excluding steroid dienone is 1. The molecule has 18 heavy (non-hydrogen) atoms. The molecular formula is C13H17NO4. The van der Waals surface area contributed by atoms with Crippen molar-refractivity contribution in [2.24, 2.45) is 0 Å². The van der Waals surface area contributed by atoms with Gasteiger partial charge in [0.1, 0.15) is 11.5 Å². The molecule has 0 unspecified atom stereocenters. The summed E-state index contributed by atoms with van der Waals surface area (Å²) in [6.45, 7) is 5.27. The van der Waals surface area contributed by atoms with E-state index in [9.17, 15) is 10.1 Å². The van der Waals surface area contributed by atoms with Gasteiger partial charge in [-0.1, -0.05) is 0 Å². The van der Waals surface area contributed by atoms with Crippen LogP contribution in [0, 0.1) is 24.0 Å². The topological polar surface area (TPSA) is 61.6 Å². The summed E-state index contributed by atoms with van der Waals surface area (Å²) in [6.07, 6.45) is 1.48. The first-order valence-electron chi connectivity index (χ1n) is 5.47. The molecule has 1 rings (SSSR count). The van der Waals surface area contributed by atoms with Gasteiger partial charge in [-0.05, 0) is 31.0 Å². The lowest BCUT2D eigenvalue weighted by atomic mass is 10.0. The van der Waals surface area contributed by atoms with Gasteiger partial charge < -0.3 is 9.47 Å². The number of methoxy groups -OCH3 is 2. The number of ether oxygens (including phenoxy) is 2. The highest BCUT2D eigenvalue weighted by Gasteiger charge is 2.14. The van der Waals surface area contributed by atoms with E-state index in [1.807, 2.05) is 13.8 Å². The molecule has 5 nitrogen and oxygen atoms in total. The van der Waals surface area contributed by atoms with Gasteiger partial charge in [0.05, 0.1) is 19.1 Å². The van der Waals surface area contributed by atoms with Gasteiger partial charge in [-0.15, -0.1) is 0 Å². The largest absolute Gasteiger partial charge is 0.496 e. The molecule has 1 aromatic rings. The Hall–Kier alpha value is -2.04. The van der Waals surface area contributed by atoms with Crippen molar-refractivity contribution in [1.82, 2.24) is 0 Å². The van der Waals surface area contributed by atoms with Crippen molar-refractivity contribution in [3.05, 3.63) is 38.6 Å². The number of hydrogen-bond donors (Lipinski definition) is 0. The minimum absolute atomic E-state index is 0.0543. The Kier molecular flexibility index (Phi) is 4.31. The lowest BCUT2D eigenvalue weighted by molar-refractivity contribution is -0.422. The zero-order valence-electron chi connectivity index (χ0n) is 11.2. The minimum Gasteiger partial charge on any atom is -0.496 e. The van der Waals surface area contributed by atoms with E-state index >= 15 is 0 Å². The lowest BCUT2D eigenvalue weighted by Gasteiger charge is -2.14. The van der Waals surface area contributed by atoms with Crippen molar-refractivity contribution < 1.29 is 14.4 Å². The molecular weight excluding hydrogens is 234 g/mol. The summed E-state index contributed by atoms with van der Waals surface area (Å²) in [5.74, 6) is 1.32. The van der Waals surface area contributed by atoms with Crippen LogP contribution in [0.25, 0.3) is 6.08 Å². The van der Waals surface area contributed by atoms with Gasteiger partial charge >= 0.3 is 0 Å². The van der Waals surface area contributed by atoms with Gasteiger partial charge in [0, 0.05) is 18.6 Å². The van der Waals surface area contributed by atoms with E-state index in [1.165, 1.54) is 13.0 Å². The van der Waals surface area contributed by atoms with E-state index in [1.54, 1.807) is 20.3 Å². The van der Waals surface area contributed by atoms with Gasteiger partial charge in [-0.2, -0.15) is 0 Å². The smallest absolute Gasteiger partial charge is 0.243 e. The number of nitrogens with zero attached hydrogens (tertiary/aromatic N) is 1. The summed E-state index contributed by atoms with van der Waals surface area (Å²) in [5, 5.41) is 10.7. The van der Waals surface area contributed by atoms with Crippen molar-refractivity contribution in [3.63, 3.8) is 0 Å². The number of rotatable bonds is 4. The van der Waals surface area contributed by atoms with Crippen molar-refractivity contribution in [3.8, 4) is 11.5 Å². The maximum absolute atomic E-state index is 10.7. The van der Waals surface area contributed by atoms with E-state index in [-0.39, 0.29) is 5.70 Å². The molecule has 0 atom stereocenters. The van der Waals surface area contributed by atoms with E-state index in [4.69, 9.17) is 9.47 Å². The molecule has 0 N–H and O–H groups in total. The number of benzene rings is 1. The van der Waals surface area contributed by atoms with Crippen LogP contribution in [-0.2, 0) is 0 Å². The molecule has 0 aromatic heterocycles. The van der Waals surface area contributed by atoms with Gasteiger partial charge in [0.25, 0.3) is 0 Å². The van der Waals surface area contributed by atoms with Crippen LogP contribution in [0.5, 0.6) is 11.5 Å². The highest BCUT2D eigenvalue weighted by Crippen LogP contribution is 2.34. The summed E-state index contributed by atoms with van der Waals surface area (Å²) in [5.41, 5.74) is 2.58. The monoisotopic (exact) mass is 251 g/mol. The van der Waals surface area contributed by atoms with Crippen LogP contribution >= 0.6 is 0 Å². The predicted octanol–water partition coefficient (Wildman–Crippen LogP) is 2.96. The summed E-state index contributed by atoms with van der Waals surface area (Å²) in [4.78, 5) is 10.2. The first-order valence-corrected chi connectivity index (χ1v) is 5.47. The van der Waals surface area contributed by atoms with E-state index in [0.717, 1.165) is 11.1 Å². The molecule has 0 fully saturated rings. The zero-order valence-corrected chi connectivity index (χ0v) is 11.2. The first-order chi connectivity index (χ1) is 8.42. The maximum Gasteiger partial charge on any atom is 0.243 e. The fourth-order valence-corrected chi connectivity index (χ4v) is 1.75. The number of hydrogen-bond acceptors (Lipinski definition) is 4. The summed E-state index contributed by atoms with van der Waals surface area (Å²) in [6, 6.07) is 1.74. The van der Waals surface area contributed by atoms with Gasteiger partial charge in [0.15, 0.2) is 0 Å². The second-order valence-corrected chi connectivity index (χ2v) is 3.99. The average molecular weight is 251 g/mol. The van der Waals surface area contributed by atoms with Crippen molar-refractivity contribution in [2.75, 3.05) is 14.2 Å². The van der Waals surface area contributed by atoms with Crippen molar-refractivity contribution in [1.29, 1.82) is 0 Å². The van der Waals surface area contributed by atoms with Crippen LogP contribution in [0.2, 0.25) is 0 Å². The highest BCUT2D eigenvalue weighted by atomic mass is 16.6. The second kappa shape index (κ2) is 5.53. The van der Waals surface area contributed by atoms with E-state index in [2.05, 4.69) is 0 Å². The lowest BCUT2D eigenvalue weighted by Crippen LogP contribution is -1.99. The molecule has 0 saturated carbocycles. The van der Waals surface area contributed by atoms with Crippen LogP contribution < -0.4 is 9.47 Å². The highest BCUT2D eigenvalue weighted by molar-refractivity contribution is 5.65. The Bertz CT molecular complexity index is 506. The molecule has 0 radical (unpaired) electrons. The second-order valence-electron chi connectivity index (χ2n) is 3.99. The van der Waals surface area contributed by atoms with Gasteiger partial charge in [0.2, 0.25) is 5.70 Å². The minimum atomic E-state index is -0.429. The SMILES string of the molecule is COc1cc(/C=C(\C)[N+](=O)[O-])c(OC)c(C)c1C. The Labute approximate surface area is 106 Å².